The van der Waals surface area contributed by atoms with Crippen molar-refractivity contribution >= 4 is 17.9 Å². The van der Waals surface area contributed by atoms with Gasteiger partial charge in [0, 0.05) is 18.4 Å². The van der Waals surface area contributed by atoms with Gasteiger partial charge in [0.25, 0.3) is 0 Å². The van der Waals surface area contributed by atoms with E-state index in [-0.39, 0.29) is 18.4 Å². The number of unbranched alkanes of at least 4 members (excludes halogenated alkanes) is 5. The maximum Gasteiger partial charge on any atom is 0.333 e. The predicted octanol–water partition coefficient (Wildman–Crippen LogP) is 3.24. The minimum absolute atomic E-state index is 0.150. The molecule has 6 heteroatoms. The molecule has 0 saturated carbocycles. The monoisotopic (exact) mass is 328 g/mol. The van der Waals surface area contributed by atoms with Crippen molar-refractivity contribution in [1.29, 1.82) is 0 Å². The van der Waals surface area contributed by atoms with E-state index in [1.165, 1.54) is 0 Å². The molecule has 0 saturated heterocycles. The van der Waals surface area contributed by atoms with Gasteiger partial charge in [-0.2, -0.15) is 0 Å². The van der Waals surface area contributed by atoms with Gasteiger partial charge in [0.1, 0.15) is 0 Å². The molecule has 0 aliphatic heterocycles. The summed E-state index contributed by atoms with van der Waals surface area (Å²) in [6.45, 7) is 5.91. The lowest BCUT2D eigenvalue weighted by Crippen LogP contribution is -2.07. The van der Waals surface area contributed by atoms with Crippen LogP contribution < -0.4 is 0 Å². The van der Waals surface area contributed by atoms with Gasteiger partial charge in [-0.15, -0.1) is 0 Å². The number of hydrogen-bond acceptors (Lipinski definition) is 5. The molecule has 0 atom stereocenters. The third kappa shape index (κ3) is 14.8. The SMILES string of the molecule is C=C(C)C(=O)OCCCCCCOC(=O)CCCCCC(=O)O. The Morgan fingerprint density at radius 2 is 1.35 bits per heavy atom. The first kappa shape index (κ1) is 21.1. The zero-order valence-corrected chi connectivity index (χ0v) is 14.0. The number of aliphatic carboxylic acids is 1. The minimum Gasteiger partial charge on any atom is -0.481 e. The summed E-state index contributed by atoms with van der Waals surface area (Å²) in [5.41, 5.74) is 0.403. The molecule has 0 aromatic heterocycles. The summed E-state index contributed by atoms with van der Waals surface area (Å²) >= 11 is 0. The van der Waals surface area contributed by atoms with E-state index in [1.54, 1.807) is 6.92 Å². The van der Waals surface area contributed by atoms with Crippen LogP contribution in [-0.2, 0) is 23.9 Å². The molecule has 0 aliphatic carbocycles. The Bertz CT molecular complexity index is 389. The highest BCUT2D eigenvalue weighted by Gasteiger charge is 2.04. The lowest BCUT2D eigenvalue weighted by atomic mass is 10.1. The maximum absolute atomic E-state index is 11.4. The second kappa shape index (κ2) is 13.8. The van der Waals surface area contributed by atoms with E-state index in [2.05, 4.69) is 6.58 Å². The fourth-order valence-corrected chi connectivity index (χ4v) is 1.83. The Hall–Kier alpha value is -1.85. The Morgan fingerprint density at radius 1 is 0.826 bits per heavy atom. The quantitative estimate of drug-likeness (QED) is 0.299. The van der Waals surface area contributed by atoms with Gasteiger partial charge in [0.2, 0.25) is 0 Å². The lowest BCUT2D eigenvalue weighted by molar-refractivity contribution is -0.144. The summed E-state index contributed by atoms with van der Waals surface area (Å²) in [6.07, 6.45) is 5.89. The summed E-state index contributed by atoms with van der Waals surface area (Å²) in [7, 11) is 0. The summed E-state index contributed by atoms with van der Waals surface area (Å²) in [5, 5.41) is 8.47. The topological polar surface area (TPSA) is 89.9 Å². The number of esters is 2. The number of carboxylic acids is 1. The molecule has 0 fully saturated rings. The Balaban J connectivity index is 3.31. The number of carbonyl (C=O) groups is 3. The van der Waals surface area contributed by atoms with Gasteiger partial charge in [-0.1, -0.05) is 13.0 Å². The van der Waals surface area contributed by atoms with Crippen molar-refractivity contribution < 1.29 is 29.0 Å². The first-order valence-electron chi connectivity index (χ1n) is 8.13. The first-order valence-corrected chi connectivity index (χ1v) is 8.13. The van der Waals surface area contributed by atoms with Crippen molar-refractivity contribution in [2.75, 3.05) is 13.2 Å². The number of rotatable bonds is 14. The molecule has 6 nitrogen and oxygen atoms in total. The molecule has 0 heterocycles. The average molecular weight is 328 g/mol. The Kier molecular flexibility index (Phi) is 12.7. The molecule has 0 unspecified atom stereocenters. The van der Waals surface area contributed by atoms with Crippen LogP contribution >= 0.6 is 0 Å². The fourth-order valence-electron chi connectivity index (χ4n) is 1.83. The molecule has 0 aliphatic rings. The number of carboxylic acid groups (broad SMARTS) is 1. The van der Waals surface area contributed by atoms with Crippen LogP contribution in [0.1, 0.15) is 64.7 Å². The van der Waals surface area contributed by atoms with Crippen molar-refractivity contribution in [2.45, 2.75) is 64.7 Å². The van der Waals surface area contributed by atoms with E-state index in [1.807, 2.05) is 0 Å². The summed E-state index contributed by atoms with van der Waals surface area (Å²) < 4.78 is 10.1. The molecule has 0 rings (SSSR count). The van der Waals surface area contributed by atoms with E-state index >= 15 is 0 Å². The largest absolute Gasteiger partial charge is 0.481 e. The van der Waals surface area contributed by atoms with Gasteiger partial charge in [0.15, 0.2) is 0 Å². The highest BCUT2D eigenvalue weighted by atomic mass is 16.5. The number of hydrogen-bond donors (Lipinski definition) is 1. The normalized spacial score (nSPS) is 10.1. The van der Waals surface area contributed by atoms with Crippen molar-refractivity contribution in [3.05, 3.63) is 12.2 Å². The fraction of sp³-hybridized carbons (Fsp3) is 0.706. The molecule has 0 amide bonds. The Labute approximate surface area is 137 Å². The van der Waals surface area contributed by atoms with Crippen LogP contribution in [0, 0.1) is 0 Å². The standard InChI is InChI=1S/C17H28O6/c1-14(2)17(21)23-13-9-4-3-8-12-22-16(20)11-7-5-6-10-15(18)19/h1,3-13H2,2H3,(H,18,19). The van der Waals surface area contributed by atoms with Gasteiger partial charge in [-0.3, -0.25) is 9.59 Å². The lowest BCUT2D eigenvalue weighted by Gasteiger charge is -2.06. The third-order valence-corrected chi connectivity index (χ3v) is 3.15. The van der Waals surface area contributed by atoms with Crippen molar-refractivity contribution in [3.63, 3.8) is 0 Å². The predicted molar refractivity (Wildman–Crippen MR) is 85.9 cm³/mol. The van der Waals surface area contributed by atoms with E-state index in [4.69, 9.17) is 14.6 Å². The Morgan fingerprint density at radius 3 is 1.91 bits per heavy atom. The van der Waals surface area contributed by atoms with Crippen LogP contribution in [0.5, 0.6) is 0 Å². The van der Waals surface area contributed by atoms with Crippen LogP contribution in [0.15, 0.2) is 12.2 Å². The van der Waals surface area contributed by atoms with E-state index in [0.29, 0.717) is 38.0 Å². The minimum atomic E-state index is -0.804. The zero-order valence-electron chi connectivity index (χ0n) is 14.0. The third-order valence-electron chi connectivity index (χ3n) is 3.15. The molecule has 23 heavy (non-hydrogen) atoms. The molecule has 1 N–H and O–H groups in total. The summed E-state index contributed by atoms with van der Waals surface area (Å²) in [4.78, 5) is 32.8. The molecule has 132 valence electrons. The van der Waals surface area contributed by atoms with Crippen LogP contribution in [0.2, 0.25) is 0 Å². The van der Waals surface area contributed by atoms with E-state index < -0.39 is 5.97 Å². The summed E-state index contributed by atoms with van der Waals surface area (Å²) in [6, 6.07) is 0. The molecule has 0 aromatic carbocycles. The highest BCUT2D eigenvalue weighted by molar-refractivity contribution is 5.86. The molecule has 0 radical (unpaired) electrons. The molecule has 0 spiro atoms. The van der Waals surface area contributed by atoms with Crippen molar-refractivity contribution in [2.24, 2.45) is 0 Å². The second-order valence-electron chi connectivity index (χ2n) is 5.51. The van der Waals surface area contributed by atoms with E-state index in [0.717, 1.165) is 32.1 Å². The van der Waals surface area contributed by atoms with Crippen molar-refractivity contribution in [3.8, 4) is 0 Å². The maximum atomic E-state index is 11.4. The average Bonchev–Trinajstić information content (AvgIpc) is 2.48. The molecular weight excluding hydrogens is 300 g/mol. The van der Waals surface area contributed by atoms with Crippen molar-refractivity contribution in [1.82, 2.24) is 0 Å². The summed E-state index contributed by atoms with van der Waals surface area (Å²) in [5.74, 6) is -1.39. The smallest absolute Gasteiger partial charge is 0.333 e. The van der Waals surface area contributed by atoms with Gasteiger partial charge in [0.05, 0.1) is 13.2 Å². The van der Waals surface area contributed by atoms with Gasteiger partial charge in [-0.25, -0.2) is 4.79 Å². The van der Waals surface area contributed by atoms with Crippen LogP contribution in [0.3, 0.4) is 0 Å². The van der Waals surface area contributed by atoms with E-state index in [9.17, 15) is 14.4 Å². The van der Waals surface area contributed by atoms with Gasteiger partial charge >= 0.3 is 17.9 Å². The van der Waals surface area contributed by atoms with Crippen LogP contribution in [0.25, 0.3) is 0 Å². The number of carbonyl (C=O) groups excluding carboxylic acids is 2. The van der Waals surface area contributed by atoms with Gasteiger partial charge in [-0.05, 0) is 45.4 Å². The number of ether oxygens (including phenoxy) is 2. The zero-order chi connectivity index (χ0) is 17.5. The second-order valence-corrected chi connectivity index (χ2v) is 5.51. The highest BCUT2D eigenvalue weighted by Crippen LogP contribution is 2.06. The molecular formula is C17H28O6. The molecule has 0 bridgehead atoms. The molecule has 0 aromatic rings. The van der Waals surface area contributed by atoms with Crippen LogP contribution in [0.4, 0.5) is 0 Å². The van der Waals surface area contributed by atoms with Gasteiger partial charge < -0.3 is 14.6 Å². The van der Waals surface area contributed by atoms with Crippen LogP contribution in [-0.4, -0.2) is 36.2 Å². The first-order chi connectivity index (χ1) is 10.9.